The lowest BCUT2D eigenvalue weighted by Gasteiger charge is -2.19. The average molecular weight is 348 g/mol. The lowest BCUT2D eigenvalue weighted by atomic mass is 10.1. The van der Waals surface area contributed by atoms with Crippen LogP contribution in [0, 0.1) is 12.8 Å². The number of amides is 1. The highest BCUT2D eigenvalue weighted by Gasteiger charge is 2.33. The van der Waals surface area contributed by atoms with Crippen LogP contribution in [-0.4, -0.2) is 32.7 Å². The Morgan fingerprint density at radius 2 is 1.86 bits per heavy atom. The monoisotopic (exact) mass is 347 g/mol. The molecule has 0 saturated carbocycles. The number of halogens is 1. The average Bonchev–Trinajstić information content (AvgIpc) is 2.43. The Hall–Kier alpha value is -1.60. The van der Waals surface area contributed by atoms with Crippen molar-refractivity contribution < 1.29 is 22.7 Å². The molecule has 0 spiro atoms. The number of aryl methyl sites for hydroxylation is 1. The number of ether oxygens (including phenoxy) is 1. The van der Waals surface area contributed by atoms with Crippen LogP contribution in [0.4, 0.5) is 0 Å². The van der Waals surface area contributed by atoms with Crippen molar-refractivity contribution in [2.75, 3.05) is 7.11 Å². The number of sulfonamides is 1. The molecule has 0 heterocycles. The number of carbonyl (C=O) groups is 2. The van der Waals surface area contributed by atoms with Crippen LogP contribution in [0.2, 0.25) is 5.02 Å². The summed E-state index contributed by atoms with van der Waals surface area (Å²) in [5.74, 6) is -2.33. The van der Waals surface area contributed by atoms with Gasteiger partial charge in [-0.25, -0.2) is 13.1 Å². The fourth-order valence-electron chi connectivity index (χ4n) is 1.81. The summed E-state index contributed by atoms with van der Waals surface area (Å²) in [6.07, 6.45) is 0. The van der Waals surface area contributed by atoms with Crippen LogP contribution in [0.3, 0.4) is 0 Å². The van der Waals surface area contributed by atoms with Crippen molar-refractivity contribution in [3.63, 3.8) is 0 Å². The summed E-state index contributed by atoms with van der Waals surface area (Å²) in [4.78, 5) is 23.5. The highest BCUT2D eigenvalue weighted by Crippen LogP contribution is 2.17. The number of benzene rings is 1. The zero-order valence-electron chi connectivity index (χ0n) is 12.7. The molecule has 6 nitrogen and oxygen atoms in total. The van der Waals surface area contributed by atoms with Crippen LogP contribution in [0.1, 0.15) is 29.8 Å². The first-order valence-electron chi connectivity index (χ1n) is 6.50. The van der Waals surface area contributed by atoms with Gasteiger partial charge in [-0.15, -0.1) is 0 Å². The second-order valence-electron chi connectivity index (χ2n) is 4.95. The molecule has 2 atom stereocenters. The van der Waals surface area contributed by atoms with E-state index in [1.54, 1.807) is 13.0 Å². The van der Waals surface area contributed by atoms with Crippen molar-refractivity contribution in [2.45, 2.75) is 26.0 Å². The number of nitrogens with one attached hydrogen (secondary N) is 1. The highest BCUT2D eigenvalue weighted by molar-refractivity contribution is 7.90. The smallest absolute Gasteiger partial charge is 0.309 e. The van der Waals surface area contributed by atoms with E-state index in [-0.39, 0.29) is 5.56 Å². The van der Waals surface area contributed by atoms with E-state index < -0.39 is 33.1 Å². The lowest BCUT2D eigenvalue weighted by Crippen LogP contribution is -2.42. The van der Waals surface area contributed by atoms with E-state index in [0.717, 1.165) is 0 Å². The van der Waals surface area contributed by atoms with Crippen molar-refractivity contribution >= 4 is 33.5 Å². The summed E-state index contributed by atoms with van der Waals surface area (Å²) >= 11 is 5.80. The number of esters is 1. The van der Waals surface area contributed by atoms with Gasteiger partial charge in [-0.05, 0) is 37.6 Å². The molecule has 1 amide bonds. The van der Waals surface area contributed by atoms with Gasteiger partial charge in [-0.1, -0.05) is 18.5 Å². The second kappa shape index (κ2) is 7.11. The molecule has 0 radical (unpaired) electrons. The van der Waals surface area contributed by atoms with E-state index in [4.69, 9.17) is 11.6 Å². The summed E-state index contributed by atoms with van der Waals surface area (Å²) in [6, 6.07) is 4.50. The molecular weight excluding hydrogens is 330 g/mol. The zero-order chi connectivity index (χ0) is 17.1. The van der Waals surface area contributed by atoms with Gasteiger partial charge in [0.1, 0.15) is 0 Å². The summed E-state index contributed by atoms with van der Waals surface area (Å²) < 4.78 is 30.9. The molecule has 0 aliphatic rings. The Labute approximate surface area is 134 Å². The first-order valence-corrected chi connectivity index (χ1v) is 8.42. The topological polar surface area (TPSA) is 89.5 Å². The van der Waals surface area contributed by atoms with Gasteiger partial charge in [0.25, 0.3) is 5.91 Å². The third-order valence-electron chi connectivity index (χ3n) is 3.43. The van der Waals surface area contributed by atoms with Crippen LogP contribution in [-0.2, 0) is 19.6 Å². The molecule has 0 aliphatic heterocycles. The fourth-order valence-corrected chi connectivity index (χ4v) is 3.23. The third-order valence-corrected chi connectivity index (χ3v) is 5.53. The summed E-state index contributed by atoms with van der Waals surface area (Å²) in [7, 11) is -2.85. The third kappa shape index (κ3) is 4.20. The van der Waals surface area contributed by atoms with Crippen LogP contribution in [0.15, 0.2) is 18.2 Å². The number of methoxy groups -OCH3 is 1. The molecule has 1 rings (SSSR count). The maximum atomic E-state index is 12.2. The molecule has 1 aromatic carbocycles. The predicted molar refractivity (Wildman–Crippen MR) is 83.2 cm³/mol. The van der Waals surface area contributed by atoms with E-state index in [2.05, 4.69) is 4.74 Å². The molecule has 8 heteroatoms. The molecular formula is C14H18ClNO5S. The molecule has 0 unspecified atom stereocenters. The second-order valence-corrected chi connectivity index (χ2v) is 7.43. The standard InChI is InChI=1S/C14H18ClNO5S/c1-8-7-11(15)5-6-12(8)13(17)16-22(19,20)10(3)9(2)14(18)21-4/h5-7,9-10H,1-4H3,(H,16,17)/t9-,10-/m1/s1. The summed E-state index contributed by atoms with van der Waals surface area (Å²) in [5.41, 5.74) is 0.750. The van der Waals surface area contributed by atoms with Crippen LogP contribution < -0.4 is 4.72 Å². The molecule has 0 saturated heterocycles. The number of rotatable bonds is 5. The molecule has 0 bridgehead atoms. The van der Waals surface area contributed by atoms with E-state index >= 15 is 0 Å². The molecule has 22 heavy (non-hydrogen) atoms. The molecule has 1 N–H and O–H groups in total. The van der Waals surface area contributed by atoms with E-state index in [9.17, 15) is 18.0 Å². The minimum atomic E-state index is -4.02. The summed E-state index contributed by atoms with van der Waals surface area (Å²) in [6.45, 7) is 4.41. The Morgan fingerprint density at radius 3 is 2.36 bits per heavy atom. The van der Waals surface area contributed by atoms with E-state index in [1.165, 1.54) is 33.1 Å². The van der Waals surface area contributed by atoms with Crippen LogP contribution in [0.25, 0.3) is 0 Å². The van der Waals surface area contributed by atoms with Crippen molar-refractivity contribution in [3.8, 4) is 0 Å². The van der Waals surface area contributed by atoms with Crippen LogP contribution in [0.5, 0.6) is 0 Å². The minimum absolute atomic E-state index is 0.200. The molecule has 0 aromatic heterocycles. The van der Waals surface area contributed by atoms with E-state index in [0.29, 0.717) is 10.6 Å². The SMILES string of the molecule is COC(=O)[C@H](C)[C@@H](C)S(=O)(=O)NC(=O)c1ccc(Cl)cc1C. The first kappa shape index (κ1) is 18.4. The van der Waals surface area contributed by atoms with Gasteiger partial charge in [-0.2, -0.15) is 0 Å². The normalized spacial score (nSPS) is 14.0. The van der Waals surface area contributed by atoms with Gasteiger partial charge in [0.2, 0.25) is 10.0 Å². The largest absolute Gasteiger partial charge is 0.469 e. The Morgan fingerprint density at radius 1 is 1.27 bits per heavy atom. The number of hydrogen-bond donors (Lipinski definition) is 1. The molecule has 1 aromatic rings. The number of hydrogen-bond acceptors (Lipinski definition) is 5. The molecule has 0 fully saturated rings. The number of carbonyl (C=O) groups excluding carboxylic acids is 2. The summed E-state index contributed by atoms with van der Waals surface area (Å²) in [5, 5.41) is -0.666. The van der Waals surface area contributed by atoms with Crippen molar-refractivity contribution in [3.05, 3.63) is 34.3 Å². The van der Waals surface area contributed by atoms with E-state index in [1.807, 2.05) is 4.72 Å². The van der Waals surface area contributed by atoms with Gasteiger partial charge >= 0.3 is 5.97 Å². The van der Waals surface area contributed by atoms with Gasteiger partial charge in [0.05, 0.1) is 18.3 Å². The van der Waals surface area contributed by atoms with Gasteiger partial charge in [0, 0.05) is 10.6 Å². The molecule has 122 valence electrons. The fraction of sp³-hybridized carbons (Fsp3) is 0.429. The maximum absolute atomic E-state index is 12.2. The van der Waals surface area contributed by atoms with Crippen molar-refractivity contribution in [1.29, 1.82) is 0 Å². The van der Waals surface area contributed by atoms with Crippen molar-refractivity contribution in [1.82, 2.24) is 4.72 Å². The van der Waals surface area contributed by atoms with Crippen LogP contribution >= 0.6 is 11.6 Å². The Balaban J connectivity index is 2.96. The predicted octanol–water partition coefficient (Wildman–Crippen LogP) is 1.91. The van der Waals surface area contributed by atoms with Gasteiger partial charge in [-0.3, -0.25) is 9.59 Å². The maximum Gasteiger partial charge on any atom is 0.309 e. The quantitative estimate of drug-likeness (QED) is 0.822. The zero-order valence-corrected chi connectivity index (χ0v) is 14.3. The van der Waals surface area contributed by atoms with Crippen molar-refractivity contribution in [2.24, 2.45) is 5.92 Å². The minimum Gasteiger partial charge on any atom is -0.469 e. The van der Waals surface area contributed by atoms with Gasteiger partial charge in [0.15, 0.2) is 0 Å². The first-order chi connectivity index (χ1) is 10.1. The lowest BCUT2D eigenvalue weighted by molar-refractivity contribution is -0.144. The van der Waals surface area contributed by atoms with Gasteiger partial charge < -0.3 is 4.74 Å². The molecule has 0 aliphatic carbocycles. The highest BCUT2D eigenvalue weighted by atomic mass is 35.5. The Bertz CT molecular complexity index is 686. The Kier molecular flexibility index (Phi) is 5.96.